The fraction of sp³-hybridized carbons (Fsp3) is 0.364. The van der Waals surface area contributed by atoms with Gasteiger partial charge in [-0.1, -0.05) is 13.3 Å². The van der Waals surface area contributed by atoms with E-state index in [-0.39, 0.29) is 16.1 Å². The molecule has 0 spiro atoms. The van der Waals surface area contributed by atoms with Gasteiger partial charge in [-0.2, -0.15) is 13.2 Å². The van der Waals surface area contributed by atoms with Gasteiger partial charge in [-0.25, -0.2) is 18.0 Å². The number of carboxylic acid groups (broad SMARTS) is 2. The van der Waals surface area contributed by atoms with Crippen molar-refractivity contribution >= 4 is 33.3 Å². The van der Waals surface area contributed by atoms with Crippen LogP contribution in [-0.2, 0) is 14.8 Å². The first-order chi connectivity index (χ1) is 16.3. The standard InChI is InChI=1S/C20H26N2O5S.C2HF3O2/c1-4-6-13-22(5-2)19-12-7-15(14-18(19)20(23)24)21-28(25,26)17-10-8-16(27-3)9-11-17;3-2(4,5)1(6)7/h7-12,14,21H,4-6,13H2,1-3H3,(H,23,24);(H,6,7). The Morgan fingerprint density at radius 1 is 1.06 bits per heavy atom. The SMILES string of the molecule is CCCCN(CC)c1ccc(NS(=O)(=O)c2ccc(OC)cc2)cc1C(=O)O.O=C(O)C(F)(F)F. The summed E-state index contributed by atoms with van der Waals surface area (Å²) >= 11 is 0. The zero-order valence-corrected chi connectivity index (χ0v) is 20.1. The van der Waals surface area contributed by atoms with Crippen LogP contribution in [0.4, 0.5) is 24.5 Å². The monoisotopic (exact) mass is 520 g/mol. The second-order valence-electron chi connectivity index (χ2n) is 7.05. The summed E-state index contributed by atoms with van der Waals surface area (Å²) in [6, 6.07) is 10.5. The number of benzene rings is 2. The summed E-state index contributed by atoms with van der Waals surface area (Å²) in [5, 5.41) is 16.7. The van der Waals surface area contributed by atoms with Crippen LogP contribution in [0.2, 0.25) is 0 Å². The minimum absolute atomic E-state index is 0.0624. The van der Waals surface area contributed by atoms with Gasteiger partial charge < -0.3 is 19.8 Å². The number of hydrogen-bond acceptors (Lipinski definition) is 6. The number of aliphatic carboxylic acids is 1. The molecule has 9 nitrogen and oxygen atoms in total. The Hall–Kier alpha value is -3.48. The number of carboxylic acids is 2. The van der Waals surface area contributed by atoms with Crippen molar-refractivity contribution in [1.29, 1.82) is 0 Å². The molecule has 2 rings (SSSR count). The Kier molecular flexibility index (Phi) is 10.8. The number of aromatic carboxylic acids is 1. The molecule has 0 saturated heterocycles. The number of ether oxygens (including phenoxy) is 1. The fourth-order valence-electron chi connectivity index (χ4n) is 2.81. The van der Waals surface area contributed by atoms with Crippen molar-refractivity contribution in [2.24, 2.45) is 0 Å². The molecule has 13 heteroatoms. The Balaban J connectivity index is 0.000000762. The lowest BCUT2D eigenvalue weighted by Crippen LogP contribution is -2.26. The minimum Gasteiger partial charge on any atom is -0.497 e. The highest BCUT2D eigenvalue weighted by Gasteiger charge is 2.38. The van der Waals surface area contributed by atoms with Crippen molar-refractivity contribution in [2.75, 3.05) is 29.8 Å². The number of nitrogens with one attached hydrogen (secondary N) is 1. The van der Waals surface area contributed by atoms with Crippen molar-refractivity contribution in [1.82, 2.24) is 0 Å². The summed E-state index contributed by atoms with van der Waals surface area (Å²) < 4.78 is 64.4. The molecule has 2 aromatic rings. The molecule has 0 fully saturated rings. The van der Waals surface area contributed by atoms with E-state index in [0.29, 0.717) is 18.0 Å². The van der Waals surface area contributed by atoms with Crippen molar-refractivity contribution in [3.05, 3.63) is 48.0 Å². The summed E-state index contributed by atoms with van der Waals surface area (Å²) in [6.45, 7) is 5.44. The summed E-state index contributed by atoms with van der Waals surface area (Å²) in [6.07, 6.45) is -3.14. The minimum atomic E-state index is -5.08. The predicted molar refractivity (Wildman–Crippen MR) is 124 cm³/mol. The topological polar surface area (TPSA) is 133 Å². The lowest BCUT2D eigenvalue weighted by molar-refractivity contribution is -0.192. The van der Waals surface area contributed by atoms with Gasteiger partial charge in [0.1, 0.15) is 5.75 Å². The van der Waals surface area contributed by atoms with E-state index >= 15 is 0 Å². The van der Waals surface area contributed by atoms with Crippen molar-refractivity contribution in [3.63, 3.8) is 0 Å². The lowest BCUT2D eigenvalue weighted by Gasteiger charge is -2.25. The molecule has 0 atom stereocenters. The third kappa shape index (κ3) is 9.00. The van der Waals surface area contributed by atoms with Crippen LogP contribution in [0.15, 0.2) is 47.4 Å². The van der Waals surface area contributed by atoms with Gasteiger partial charge in [-0.15, -0.1) is 0 Å². The Bertz CT molecular complexity index is 1110. The normalized spacial score (nSPS) is 11.1. The van der Waals surface area contributed by atoms with Crippen LogP contribution in [0.25, 0.3) is 0 Å². The summed E-state index contributed by atoms with van der Waals surface area (Å²) in [5.41, 5.74) is 0.840. The van der Waals surface area contributed by atoms with E-state index in [2.05, 4.69) is 11.6 Å². The van der Waals surface area contributed by atoms with Gasteiger partial charge in [-0.05, 0) is 55.8 Å². The predicted octanol–water partition coefficient (Wildman–Crippen LogP) is 4.45. The molecule has 0 heterocycles. The number of anilines is 2. The number of alkyl halides is 3. The van der Waals surface area contributed by atoms with Gasteiger partial charge in [0.2, 0.25) is 0 Å². The largest absolute Gasteiger partial charge is 0.497 e. The molecule has 0 aliphatic rings. The molecule has 3 N–H and O–H groups in total. The second-order valence-corrected chi connectivity index (χ2v) is 8.74. The molecule has 35 heavy (non-hydrogen) atoms. The third-order valence-electron chi connectivity index (χ3n) is 4.60. The van der Waals surface area contributed by atoms with Crippen LogP contribution in [0.3, 0.4) is 0 Å². The van der Waals surface area contributed by atoms with E-state index in [1.54, 1.807) is 24.3 Å². The van der Waals surface area contributed by atoms with Crippen LogP contribution in [0, 0.1) is 0 Å². The van der Waals surface area contributed by atoms with E-state index < -0.39 is 28.1 Å². The molecule has 0 unspecified atom stereocenters. The highest BCUT2D eigenvalue weighted by atomic mass is 32.2. The van der Waals surface area contributed by atoms with Gasteiger partial charge in [0.05, 0.1) is 23.3 Å². The van der Waals surface area contributed by atoms with Crippen molar-refractivity contribution in [2.45, 2.75) is 37.8 Å². The highest BCUT2D eigenvalue weighted by Crippen LogP contribution is 2.27. The molecule has 0 aromatic heterocycles. The van der Waals surface area contributed by atoms with Gasteiger partial charge in [0.25, 0.3) is 10.0 Å². The lowest BCUT2D eigenvalue weighted by atomic mass is 10.1. The molecule has 2 aromatic carbocycles. The summed E-state index contributed by atoms with van der Waals surface area (Å²) in [4.78, 5) is 22.7. The first-order valence-electron chi connectivity index (χ1n) is 10.4. The van der Waals surface area contributed by atoms with Crippen LogP contribution in [0.1, 0.15) is 37.0 Å². The molecular formula is C22H27F3N2O7S. The molecule has 194 valence electrons. The number of nitrogens with zero attached hydrogens (tertiary/aromatic N) is 1. The number of methoxy groups -OCH3 is 1. The average molecular weight is 521 g/mol. The van der Waals surface area contributed by atoms with Gasteiger partial charge >= 0.3 is 18.1 Å². The fourth-order valence-corrected chi connectivity index (χ4v) is 3.86. The molecular weight excluding hydrogens is 493 g/mol. The zero-order valence-electron chi connectivity index (χ0n) is 19.3. The first-order valence-corrected chi connectivity index (χ1v) is 11.8. The number of rotatable bonds is 10. The van der Waals surface area contributed by atoms with Crippen LogP contribution in [-0.4, -0.2) is 56.9 Å². The van der Waals surface area contributed by atoms with Gasteiger partial charge in [0.15, 0.2) is 0 Å². The maximum atomic E-state index is 12.6. The van der Waals surface area contributed by atoms with E-state index in [9.17, 15) is 31.5 Å². The van der Waals surface area contributed by atoms with E-state index in [1.807, 2.05) is 11.8 Å². The highest BCUT2D eigenvalue weighted by molar-refractivity contribution is 7.92. The average Bonchev–Trinajstić information content (AvgIpc) is 2.79. The zero-order chi connectivity index (χ0) is 26.8. The molecule has 0 aliphatic carbocycles. The smallest absolute Gasteiger partial charge is 0.490 e. The second kappa shape index (κ2) is 12.8. The van der Waals surface area contributed by atoms with Gasteiger partial charge in [0, 0.05) is 18.8 Å². The van der Waals surface area contributed by atoms with Crippen molar-refractivity contribution < 1.29 is 46.1 Å². The van der Waals surface area contributed by atoms with Crippen LogP contribution >= 0.6 is 0 Å². The van der Waals surface area contributed by atoms with Crippen molar-refractivity contribution in [3.8, 4) is 5.75 Å². The molecule has 0 radical (unpaired) electrons. The van der Waals surface area contributed by atoms with E-state index in [4.69, 9.17) is 14.6 Å². The summed E-state index contributed by atoms with van der Waals surface area (Å²) in [7, 11) is -2.35. The number of sulfonamides is 1. The molecule has 0 saturated carbocycles. The molecule has 0 amide bonds. The van der Waals surface area contributed by atoms with Gasteiger partial charge in [-0.3, -0.25) is 4.72 Å². The Labute approximate surface area is 201 Å². The number of hydrogen-bond donors (Lipinski definition) is 3. The quantitative estimate of drug-likeness (QED) is 0.418. The number of carbonyl (C=O) groups is 2. The number of unbranched alkanes of at least 4 members (excludes halogenated alkanes) is 1. The Morgan fingerprint density at radius 3 is 2.06 bits per heavy atom. The van der Waals surface area contributed by atoms with E-state index in [0.717, 1.165) is 19.4 Å². The summed E-state index contributed by atoms with van der Waals surface area (Å²) in [5.74, 6) is -3.31. The first kappa shape index (κ1) is 29.6. The van der Waals surface area contributed by atoms with Crippen LogP contribution in [0.5, 0.6) is 5.75 Å². The third-order valence-corrected chi connectivity index (χ3v) is 5.99. The van der Waals surface area contributed by atoms with E-state index in [1.165, 1.54) is 25.3 Å². The maximum Gasteiger partial charge on any atom is 0.490 e. The van der Waals surface area contributed by atoms with Crippen LogP contribution < -0.4 is 14.4 Å². The number of halogens is 3. The molecule has 0 bridgehead atoms. The maximum absolute atomic E-state index is 12.6. The molecule has 0 aliphatic heterocycles. The Morgan fingerprint density at radius 2 is 1.63 bits per heavy atom.